The normalized spacial score (nSPS) is 14.4. The van der Waals surface area contributed by atoms with Crippen molar-refractivity contribution in [2.45, 2.75) is 13.8 Å². The molecular weight excluding hydrogens is 516 g/mol. The number of fused-ring (bicyclic) bond motifs is 1. The molecule has 0 radical (unpaired) electrons. The van der Waals surface area contributed by atoms with Crippen LogP contribution in [0.25, 0.3) is 33.7 Å². The number of imide groups is 1. The Labute approximate surface area is 237 Å². The lowest BCUT2D eigenvalue weighted by Crippen LogP contribution is -2.32. The maximum atomic E-state index is 13.2. The summed E-state index contributed by atoms with van der Waals surface area (Å²) < 4.78 is 8.15. The van der Waals surface area contributed by atoms with Crippen LogP contribution in [0.1, 0.15) is 17.0 Å². The topological polar surface area (TPSA) is 51.5 Å². The van der Waals surface area contributed by atoms with E-state index in [0.717, 1.165) is 56.5 Å². The summed E-state index contributed by atoms with van der Waals surface area (Å²) in [6.07, 6.45) is 1.83. The van der Waals surface area contributed by atoms with E-state index in [2.05, 4.69) is 47.0 Å². The third-order valence-corrected chi connectivity index (χ3v) is 8.09. The third kappa shape index (κ3) is 4.94. The molecule has 0 bridgehead atoms. The Bertz CT molecular complexity index is 1750. The first kappa shape index (κ1) is 25.7. The summed E-state index contributed by atoms with van der Waals surface area (Å²) in [4.78, 5) is 27.6. The summed E-state index contributed by atoms with van der Waals surface area (Å²) in [7, 11) is 0. The van der Waals surface area contributed by atoms with Gasteiger partial charge in [-0.2, -0.15) is 0 Å². The number of hydrogen-bond donors (Lipinski definition) is 0. The van der Waals surface area contributed by atoms with E-state index in [1.807, 2.05) is 80.6 Å². The van der Waals surface area contributed by atoms with Crippen LogP contribution in [-0.2, 0) is 4.79 Å². The minimum absolute atomic E-state index is 0.192. The molecule has 1 aliphatic rings. The van der Waals surface area contributed by atoms with E-state index in [1.165, 1.54) is 10.5 Å². The second-order valence-corrected chi connectivity index (χ2v) is 10.7. The predicted molar refractivity (Wildman–Crippen MR) is 163 cm³/mol. The molecule has 0 saturated carbocycles. The van der Waals surface area contributed by atoms with E-state index in [9.17, 15) is 9.59 Å². The van der Waals surface area contributed by atoms with Gasteiger partial charge in [0.1, 0.15) is 12.4 Å². The molecule has 5 aromatic rings. The molecule has 6 heteroatoms. The maximum Gasteiger partial charge on any atom is 0.293 e. The first-order valence-electron chi connectivity index (χ1n) is 13.2. The fraction of sp³-hybridized carbons (Fsp3) is 0.118. The fourth-order valence-corrected chi connectivity index (χ4v) is 6.02. The lowest BCUT2D eigenvalue weighted by Gasteiger charge is -2.14. The van der Waals surface area contributed by atoms with E-state index in [4.69, 9.17) is 4.74 Å². The zero-order valence-corrected chi connectivity index (χ0v) is 23.2. The lowest BCUT2D eigenvalue weighted by molar-refractivity contribution is -0.123. The number of rotatable bonds is 7. The average molecular weight is 545 g/mol. The second kappa shape index (κ2) is 10.9. The van der Waals surface area contributed by atoms with Crippen LogP contribution in [-0.4, -0.2) is 33.8 Å². The van der Waals surface area contributed by atoms with Crippen molar-refractivity contribution in [1.29, 1.82) is 0 Å². The van der Waals surface area contributed by atoms with Gasteiger partial charge in [-0.1, -0.05) is 78.9 Å². The average Bonchev–Trinajstić information content (AvgIpc) is 3.41. The molecule has 1 aromatic heterocycles. The van der Waals surface area contributed by atoms with Gasteiger partial charge in [0, 0.05) is 22.5 Å². The first-order valence-corrected chi connectivity index (χ1v) is 14.0. The SMILES string of the molecule is Cc1cc(/C=C2\SC(=O)N(CCOc3cccc4ccccc34)C2=O)c(C)n1-c1ccc(-c2ccccc2)cc1. The number of thioether (sulfide) groups is 1. The van der Waals surface area contributed by atoms with Crippen molar-refractivity contribution in [3.05, 3.63) is 125 Å². The van der Waals surface area contributed by atoms with Crippen LogP contribution in [0.2, 0.25) is 0 Å². The third-order valence-electron chi connectivity index (χ3n) is 7.19. The van der Waals surface area contributed by atoms with Crippen molar-refractivity contribution in [3.8, 4) is 22.6 Å². The molecule has 198 valence electrons. The monoisotopic (exact) mass is 544 g/mol. The van der Waals surface area contributed by atoms with Gasteiger partial charge in [0.05, 0.1) is 11.4 Å². The van der Waals surface area contributed by atoms with Crippen molar-refractivity contribution in [3.63, 3.8) is 0 Å². The number of benzene rings is 4. The number of amides is 2. The van der Waals surface area contributed by atoms with Gasteiger partial charge < -0.3 is 9.30 Å². The zero-order chi connectivity index (χ0) is 27.6. The molecule has 4 aromatic carbocycles. The highest BCUT2D eigenvalue weighted by Crippen LogP contribution is 2.34. The molecule has 2 heterocycles. The van der Waals surface area contributed by atoms with E-state index in [-0.39, 0.29) is 24.3 Å². The number of carbonyl (C=O) groups excluding carboxylic acids is 2. The van der Waals surface area contributed by atoms with Crippen LogP contribution in [0.15, 0.2) is 108 Å². The van der Waals surface area contributed by atoms with E-state index in [1.54, 1.807) is 0 Å². The highest BCUT2D eigenvalue weighted by Gasteiger charge is 2.35. The first-order chi connectivity index (χ1) is 19.5. The van der Waals surface area contributed by atoms with Crippen LogP contribution in [0.5, 0.6) is 5.75 Å². The van der Waals surface area contributed by atoms with Crippen LogP contribution in [0, 0.1) is 13.8 Å². The minimum atomic E-state index is -0.284. The van der Waals surface area contributed by atoms with Crippen LogP contribution < -0.4 is 4.74 Å². The van der Waals surface area contributed by atoms with E-state index >= 15 is 0 Å². The molecule has 2 amide bonds. The largest absolute Gasteiger partial charge is 0.491 e. The van der Waals surface area contributed by atoms with E-state index < -0.39 is 0 Å². The van der Waals surface area contributed by atoms with Gasteiger partial charge >= 0.3 is 0 Å². The predicted octanol–water partition coefficient (Wildman–Crippen LogP) is 8.03. The van der Waals surface area contributed by atoms with Gasteiger partial charge in [-0.25, -0.2) is 0 Å². The number of nitrogens with zero attached hydrogens (tertiary/aromatic N) is 2. The van der Waals surface area contributed by atoms with Crippen molar-refractivity contribution >= 4 is 39.8 Å². The maximum absolute atomic E-state index is 13.2. The van der Waals surface area contributed by atoms with E-state index in [0.29, 0.717) is 4.91 Å². The van der Waals surface area contributed by atoms with Crippen molar-refractivity contribution < 1.29 is 14.3 Å². The summed E-state index contributed by atoms with van der Waals surface area (Å²) in [6, 6.07) is 34.6. The Morgan fingerprint density at radius 1 is 0.800 bits per heavy atom. The minimum Gasteiger partial charge on any atom is -0.491 e. The Morgan fingerprint density at radius 2 is 1.50 bits per heavy atom. The molecule has 1 saturated heterocycles. The summed E-state index contributed by atoms with van der Waals surface area (Å²) in [6.45, 7) is 4.50. The summed E-state index contributed by atoms with van der Waals surface area (Å²) in [5, 5.41) is 1.81. The Hall–Kier alpha value is -4.55. The quantitative estimate of drug-likeness (QED) is 0.195. The van der Waals surface area contributed by atoms with Gasteiger partial charge in [-0.05, 0) is 78.0 Å². The summed E-state index contributed by atoms with van der Waals surface area (Å²) in [5.74, 6) is 0.457. The highest BCUT2D eigenvalue weighted by atomic mass is 32.2. The van der Waals surface area contributed by atoms with Gasteiger partial charge in [0.2, 0.25) is 0 Å². The number of hydrogen-bond acceptors (Lipinski definition) is 4. The molecule has 40 heavy (non-hydrogen) atoms. The Kier molecular flexibility index (Phi) is 7.01. The fourth-order valence-electron chi connectivity index (χ4n) is 5.17. The highest BCUT2D eigenvalue weighted by molar-refractivity contribution is 8.18. The zero-order valence-electron chi connectivity index (χ0n) is 22.3. The van der Waals surface area contributed by atoms with Crippen molar-refractivity contribution in [2.75, 3.05) is 13.2 Å². The summed E-state index contributed by atoms with van der Waals surface area (Å²) in [5.41, 5.74) is 6.37. The molecule has 5 nitrogen and oxygen atoms in total. The molecule has 0 N–H and O–H groups in total. The number of aromatic nitrogens is 1. The smallest absolute Gasteiger partial charge is 0.293 e. The standard InChI is InChI=1S/C34H28N2O3S/c1-23-21-28(24(2)36(23)29-17-15-26(16-18-29)25-9-4-3-5-10-25)22-32-33(37)35(34(38)40-32)19-20-39-31-14-8-12-27-11-6-7-13-30(27)31/h3-18,21-22H,19-20H2,1-2H3/b32-22-. The van der Waals surface area contributed by atoms with Gasteiger partial charge in [0.15, 0.2) is 0 Å². The summed E-state index contributed by atoms with van der Waals surface area (Å²) >= 11 is 0.978. The molecule has 0 atom stereocenters. The molecule has 1 fully saturated rings. The van der Waals surface area contributed by atoms with Crippen LogP contribution >= 0.6 is 11.8 Å². The van der Waals surface area contributed by atoms with Crippen LogP contribution in [0.4, 0.5) is 4.79 Å². The molecule has 0 unspecified atom stereocenters. The van der Waals surface area contributed by atoms with Crippen molar-refractivity contribution in [2.24, 2.45) is 0 Å². The number of carbonyl (C=O) groups is 2. The molecule has 1 aliphatic heterocycles. The Morgan fingerprint density at radius 3 is 2.30 bits per heavy atom. The van der Waals surface area contributed by atoms with Gasteiger partial charge in [-0.15, -0.1) is 0 Å². The Balaban J connectivity index is 1.17. The molecule has 0 aliphatic carbocycles. The second-order valence-electron chi connectivity index (χ2n) is 9.73. The molecule has 0 spiro atoms. The van der Waals surface area contributed by atoms with Gasteiger partial charge in [0.25, 0.3) is 11.1 Å². The van der Waals surface area contributed by atoms with Crippen LogP contribution in [0.3, 0.4) is 0 Å². The number of aryl methyl sites for hydroxylation is 1. The van der Waals surface area contributed by atoms with Gasteiger partial charge in [-0.3, -0.25) is 14.5 Å². The van der Waals surface area contributed by atoms with Crippen molar-refractivity contribution in [1.82, 2.24) is 9.47 Å². The lowest BCUT2D eigenvalue weighted by atomic mass is 10.1. The number of ether oxygens (including phenoxy) is 1. The molecular formula is C34H28N2O3S. The molecule has 6 rings (SSSR count).